The molecule has 11 nitrogen and oxygen atoms in total. The summed E-state index contributed by atoms with van der Waals surface area (Å²) in [7, 11) is -2.79. The summed E-state index contributed by atoms with van der Waals surface area (Å²) >= 11 is 0. The van der Waals surface area contributed by atoms with Crippen LogP contribution in [0.2, 0.25) is 5.04 Å². The number of carbonyl (C=O) groups excluding carboxylic acids is 4. The molecule has 5 amide bonds. The summed E-state index contributed by atoms with van der Waals surface area (Å²) in [6.45, 7) is 20.2. The Labute approximate surface area is 309 Å². The van der Waals surface area contributed by atoms with Gasteiger partial charge in [-0.2, -0.15) is 0 Å². The average Bonchev–Trinajstić information content (AvgIpc) is 3.05. The van der Waals surface area contributed by atoms with Gasteiger partial charge in [-0.05, 0) is 85.1 Å². The standard InChI is InChI=1S/C40H56N5O6Si/c1-27(2)34(45-38(49)51-39(4,5)6)36(47)44-33(21-16-24-42-37(41)48)35(46)43-30-23-22-29(28(3)25-30)26-50-52(40(7,8)9,31-17-12-10-13-18-31)32-19-14-11-15-20-32/h10-15,17-20,22-23,25,27,33-34H,3,16,21,24,26H2,1-2,4-9H3,(H,43,46)(H,44,47)(H,45,49)(H3,41,42,48)/t33-,34-/m0/s1. The van der Waals surface area contributed by atoms with E-state index < -0.39 is 49.9 Å². The molecule has 0 saturated carbocycles. The van der Waals surface area contributed by atoms with E-state index in [0.29, 0.717) is 24.3 Å². The number of nitrogens with two attached hydrogens (primary N) is 1. The first-order chi connectivity index (χ1) is 24.3. The van der Waals surface area contributed by atoms with Crippen LogP contribution in [0.4, 0.5) is 15.3 Å². The van der Waals surface area contributed by atoms with Crippen molar-refractivity contribution in [3.63, 3.8) is 0 Å². The van der Waals surface area contributed by atoms with E-state index >= 15 is 0 Å². The van der Waals surface area contributed by atoms with Crippen molar-refractivity contribution in [3.05, 3.63) is 96.9 Å². The molecule has 0 spiro atoms. The van der Waals surface area contributed by atoms with Crippen LogP contribution in [0.15, 0.2) is 78.9 Å². The van der Waals surface area contributed by atoms with Crippen molar-refractivity contribution in [1.29, 1.82) is 0 Å². The summed E-state index contributed by atoms with van der Waals surface area (Å²) < 4.78 is 12.4. The number of rotatable bonds is 15. The number of amides is 5. The fraction of sp³-hybridized carbons (Fsp3) is 0.425. The predicted octanol–water partition coefficient (Wildman–Crippen LogP) is 5.37. The minimum atomic E-state index is -2.79. The van der Waals surface area contributed by atoms with Gasteiger partial charge < -0.3 is 36.2 Å². The van der Waals surface area contributed by atoms with E-state index in [0.717, 1.165) is 5.56 Å². The lowest BCUT2D eigenvalue weighted by molar-refractivity contribution is -0.128. The molecule has 1 radical (unpaired) electrons. The number of hydrogen-bond acceptors (Lipinski definition) is 6. The van der Waals surface area contributed by atoms with E-state index in [9.17, 15) is 19.2 Å². The van der Waals surface area contributed by atoms with Gasteiger partial charge in [-0.25, -0.2) is 9.59 Å². The van der Waals surface area contributed by atoms with E-state index in [1.165, 1.54) is 10.4 Å². The van der Waals surface area contributed by atoms with Crippen LogP contribution in [-0.2, 0) is 25.4 Å². The lowest BCUT2D eigenvalue weighted by atomic mass is 10.0. The van der Waals surface area contributed by atoms with Gasteiger partial charge >= 0.3 is 12.1 Å². The van der Waals surface area contributed by atoms with Crippen molar-refractivity contribution in [2.45, 2.75) is 97.6 Å². The number of alkyl carbamates (subject to hydrolysis) is 1. The number of nitrogens with one attached hydrogen (secondary N) is 4. The average molecular weight is 731 g/mol. The van der Waals surface area contributed by atoms with E-state index in [1.54, 1.807) is 46.8 Å². The first-order valence-electron chi connectivity index (χ1n) is 17.7. The van der Waals surface area contributed by atoms with Crippen LogP contribution >= 0.6 is 0 Å². The number of primary amides is 1. The monoisotopic (exact) mass is 730 g/mol. The number of benzene rings is 3. The van der Waals surface area contributed by atoms with Crippen molar-refractivity contribution >= 4 is 48.3 Å². The Kier molecular flexibility index (Phi) is 14.6. The van der Waals surface area contributed by atoms with E-state index in [-0.39, 0.29) is 23.9 Å². The zero-order valence-corrected chi connectivity index (χ0v) is 32.8. The molecule has 2 atom stereocenters. The Morgan fingerprint density at radius 3 is 1.88 bits per heavy atom. The second-order valence-electron chi connectivity index (χ2n) is 15.3. The van der Waals surface area contributed by atoms with Crippen LogP contribution in [0, 0.1) is 12.8 Å². The highest BCUT2D eigenvalue weighted by molar-refractivity contribution is 6.99. The van der Waals surface area contributed by atoms with Gasteiger partial charge in [0.1, 0.15) is 17.7 Å². The van der Waals surface area contributed by atoms with Crippen molar-refractivity contribution < 1.29 is 28.3 Å². The fourth-order valence-corrected chi connectivity index (χ4v) is 10.6. The Morgan fingerprint density at radius 1 is 0.827 bits per heavy atom. The topological polar surface area (TPSA) is 161 Å². The Morgan fingerprint density at radius 2 is 1.40 bits per heavy atom. The normalized spacial score (nSPS) is 13.1. The van der Waals surface area contributed by atoms with Crippen LogP contribution < -0.4 is 37.4 Å². The van der Waals surface area contributed by atoms with Gasteiger partial charge in [0.05, 0.1) is 6.61 Å². The molecule has 0 bridgehead atoms. The maximum Gasteiger partial charge on any atom is 0.408 e. The lowest BCUT2D eigenvalue weighted by Crippen LogP contribution is -2.66. The highest BCUT2D eigenvalue weighted by Crippen LogP contribution is 2.37. The first-order valence-corrected chi connectivity index (χ1v) is 19.6. The molecule has 3 aromatic carbocycles. The van der Waals surface area contributed by atoms with Crippen LogP contribution in [0.25, 0.3) is 0 Å². The quantitative estimate of drug-likeness (QED) is 0.105. The second-order valence-corrected chi connectivity index (χ2v) is 19.6. The Bertz CT molecular complexity index is 1610. The summed E-state index contributed by atoms with van der Waals surface area (Å²) in [5, 5.41) is 13.0. The van der Waals surface area contributed by atoms with Gasteiger partial charge in [-0.3, -0.25) is 9.59 Å². The SMILES string of the molecule is [CH2]c1cc(NC(=O)[C@H](CCCNC(N)=O)NC(=O)[C@@H](NC(=O)OC(C)(C)C)C(C)C)ccc1CO[Si](c1ccccc1)(c1ccccc1)C(C)(C)C. The van der Waals surface area contributed by atoms with Crippen molar-refractivity contribution in [3.8, 4) is 0 Å². The molecule has 3 aromatic rings. The molecule has 0 unspecified atom stereocenters. The molecule has 281 valence electrons. The summed E-state index contributed by atoms with van der Waals surface area (Å²) in [4.78, 5) is 50.8. The Balaban J connectivity index is 1.82. The summed E-state index contributed by atoms with van der Waals surface area (Å²) in [5.74, 6) is -1.32. The summed E-state index contributed by atoms with van der Waals surface area (Å²) in [6.07, 6.45) is -0.196. The van der Waals surface area contributed by atoms with Gasteiger partial charge in [0.15, 0.2) is 0 Å². The summed E-state index contributed by atoms with van der Waals surface area (Å²) in [6, 6.07) is 23.6. The third-order valence-electron chi connectivity index (χ3n) is 8.56. The molecule has 0 aliphatic rings. The van der Waals surface area contributed by atoms with Gasteiger partial charge in [-0.1, -0.05) is 101 Å². The molecule has 0 aromatic heterocycles. The minimum absolute atomic E-state index is 0.191. The number of anilines is 1. The molecule has 12 heteroatoms. The van der Waals surface area contributed by atoms with Gasteiger partial charge in [0.25, 0.3) is 8.32 Å². The molecule has 0 fully saturated rings. The Hall–Kier alpha value is -4.68. The van der Waals surface area contributed by atoms with Crippen LogP contribution in [-0.4, -0.2) is 56.5 Å². The van der Waals surface area contributed by atoms with Crippen LogP contribution in [0.1, 0.15) is 79.4 Å². The minimum Gasteiger partial charge on any atom is -0.444 e. The maximum absolute atomic E-state index is 13.7. The van der Waals surface area contributed by atoms with Gasteiger partial charge in [-0.15, -0.1) is 0 Å². The van der Waals surface area contributed by atoms with Gasteiger partial charge in [0, 0.05) is 12.2 Å². The lowest BCUT2D eigenvalue weighted by Gasteiger charge is -2.43. The third-order valence-corrected chi connectivity index (χ3v) is 13.5. The predicted molar refractivity (Wildman–Crippen MR) is 209 cm³/mol. The first kappa shape index (κ1) is 41.7. The molecular formula is C40H56N5O6Si. The van der Waals surface area contributed by atoms with Crippen LogP contribution in [0.3, 0.4) is 0 Å². The van der Waals surface area contributed by atoms with E-state index in [4.69, 9.17) is 14.9 Å². The molecule has 3 rings (SSSR count). The molecule has 52 heavy (non-hydrogen) atoms. The molecule has 0 heterocycles. The zero-order chi connectivity index (χ0) is 38.7. The van der Waals surface area contributed by atoms with Crippen LogP contribution in [0.5, 0.6) is 0 Å². The smallest absolute Gasteiger partial charge is 0.408 e. The zero-order valence-electron chi connectivity index (χ0n) is 31.8. The maximum atomic E-state index is 13.7. The molecular weight excluding hydrogens is 675 g/mol. The number of carbonyl (C=O) groups is 4. The summed E-state index contributed by atoms with van der Waals surface area (Å²) in [5.41, 5.74) is 6.50. The van der Waals surface area contributed by atoms with Crippen molar-refractivity contribution in [2.24, 2.45) is 11.7 Å². The molecule has 0 aliphatic carbocycles. The largest absolute Gasteiger partial charge is 0.444 e. The highest BCUT2D eigenvalue weighted by atomic mass is 28.4. The number of ether oxygens (including phenoxy) is 1. The fourth-order valence-electron chi connectivity index (χ4n) is 6.04. The van der Waals surface area contributed by atoms with E-state index in [2.05, 4.69) is 73.2 Å². The van der Waals surface area contributed by atoms with Crippen molar-refractivity contribution in [1.82, 2.24) is 16.0 Å². The number of urea groups is 1. The number of hydrogen-bond donors (Lipinski definition) is 5. The molecule has 0 saturated heterocycles. The van der Waals surface area contributed by atoms with Crippen molar-refractivity contribution in [2.75, 3.05) is 11.9 Å². The second kappa shape index (κ2) is 18.2. The van der Waals surface area contributed by atoms with E-state index in [1.807, 2.05) is 42.5 Å². The van der Waals surface area contributed by atoms with Gasteiger partial charge in [0.2, 0.25) is 11.8 Å². The highest BCUT2D eigenvalue weighted by Gasteiger charge is 2.50. The third kappa shape index (κ3) is 11.7. The molecule has 0 aliphatic heterocycles. The molecule has 6 N–H and O–H groups in total.